The number of carbonyl (C=O) groups is 2. The average Bonchev–Trinajstić information content (AvgIpc) is 3.01. The number of hydrogen-bond acceptors (Lipinski definition) is 3. The second-order valence-electron chi connectivity index (χ2n) is 4.91. The Kier molecular flexibility index (Phi) is 3.20. The quantitative estimate of drug-likeness (QED) is 0.845. The van der Waals surface area contributed by atoms with E-state index in [4.69, 9.17) is 0 Å². The first kappa shape index (κ1) is 11.9. The van der Waals surface area contributed by atoms with E-state index < -0.39 is 6.03 Å². The molecule has 1 N–H and O–H groups in total. The summed E-state index contributed by atoms with van der Waals surface area (Å²) < 4.78 is 0. The lowest BCUT2D eigenvalue weighted by Crippen LogP contribution is -2.29. The predicted octanol–water partition coefficient (Wildman–Crippen LogP) is 1.77. The molecule has 1 heterocycles. The second kappa shape index (κ2) is 4.84. The lowest BCUT2D eigenvalue weighted by atomic mass is 10.1. The molecule has 2 fully saturated rings. The molecule has 0 aromatic heterocycles. The van der Waals surface area contributed by atoms with Crippen LogP contribution in [0.4, 0.5) is 4.79 Å². The number of fused-ring (bicyclic) bond motifs is 1. The molecule has 1 atom stereocenters. The summed E-state index contributed by atoms with van der Waals surface area (Å²) in [6.07, 6.45) is 5.14. The minimum atomic E-state index is -0.409. The van der Waals surface area contributed by atoms with E-state index in [0.717, 1.165) is 42.9 Å². The summed E-state index contributed by atoms with van der Waals surface area (Å²) in [6, 6.07) is -0.0233. The molecule has 0 radical (unpaired) electrons. The zero-order valence-electron chi connectivity index (χ0n) is 10.0. The van der Waals surface area contributed by atoms with E-state index in [9.17, 15) is 9.59 Å². The van der Waals surface area contributed by atoms with Gasteiger partial charge in [-0.2, -0.15) is 4.99 Å². The SMILES string of the molecule is O=C1N=C2CCCC2C(SCC(=O)NC2CC2)=N1. The lowest BCUT2D eigenvalue weighted by molar-refractivity contribution is -0.118. The number of thioether (sulfide) groups is 1. The van der Waals surface area contributed by atoms with Gasteiger partial charge in [-0.15, -0.1) is 11.8 Å². The summed E-state index contributed by atoms with van der Waals surface area (Å²) in [6.45, 7) is 0. The number of rotatable bonds is 3. The van der Waals surface area contributed by atoms with Crippen molar-refractivity contribution in [1.82, 2.24) is 5.32 Å². The van der Waals surface area contributed by atoms with Gasteiger partial charge in [0.05, 0.1) is 10.8 Å². The van der Waals surface area contributed by atoms with Crippen molar-refractivity contribution >= 4 is 34.5 Å². The molecule has 2 aliphatic carbocycles. The van der Waals surface area contributed by atoms with Gasteiger partial charge in [0.2, 0.25) is 5.91 Å². The van der Waals surface area contributed by atoms with Gasteiger partial charge in [0.15, 0.2) is 0 Å². The van der Waals surface area contributed by atoms with Gasteiger partial charge in [-0.05, 0) is 32.1 Å². The van der Waals surface area contributed by atoms with Gasteiger partial charge < -0.3 is 5.32 Å². The molecule has 96 valence electrons. The first-order valence-electron chi connectivity index (χ1n) is 6.34. The van der Waals surface area contributed by atoms with Crippen LogP contribution in [0.5, 0.6) is 0 Å². The number of nitrogens with zero attached hydrogens (tertiary/aromatic N) is 2. The number of urea groups is 1. The first-order valence-corrected chi connectivity index (χ1v) is 7.33. The van der Waals surface area contributed by atoms with E-state index in [1.807, 2.05) is 0 Å². The fourth-order valence-electron chi connectivity index (χ4n) is 2.32. The van der Waals surface area contributed by atoms with Crippen molar-refractivity contribution in [1.29, 1.82) is 0 Å². The highest BCUT2D eigenvalue weighted by Gasteiger charge is 2.32. The van der Waals surface area contributed by atoms with Gasteiger partial charge >= 0.3 is 6.03 Å². The Hall–Kier alpha value is -1.17. The maximum absolute atomic E-state index is 11.6. The molecule has 1 aliphatic heterocycles. The number of amides is 3. The third-order valence-corrected chi connectivity index (χ3v) is 4.44. The van der Waals surface area contributed by atoms with E-state index >= 15 is 0 Å². The molecule has 3 amide bonds. The Labute approximate surface area is 110 Å². The third kappa shape index (κ3) is 2.63. The van der Waals surface area contributed by atoms with Crippen LogP contribution >= 0.6 is 11.8 Å². The molecule has 1 unspecified atom stereocenters. The molecule has 0 spiro atoms. The topological polar surface area (TPSA) is 70.9 Å². The second-order valence-corrected chi connectivity index (χ2v) is 5.91. The van der Waals surface area contributed by atoms with Gasteiger partial charge in [0, 0.05) is 17.7 Å². The highest BCUT2D eigenvalue weighted by molar-refractivity contribution is 8.14. The van der Waals surface area contributed by atoms with Crippen LogP contribution in [0.1, 0.15) is 32.1 Å². The molecular weight excluding hydrogens is 250 g/mol. The lowest BCUT2D eigenvalue weighted by Gasteiger charge is -2.16. The first-order chi connectivity index (χ1) is 8.72. The summed E-state index contributed by atoms with van der Waals surface area (Å²) in [4.78, 5) is 30.9. The molecule has 3 aliphatic rings. The van der Waals surface area contributed by atoms with Crippen molar-refractivity contribution in [3.05, 3.63) is 0 Å². The van der Waals surface area contributed by atoms with Crippen molar-refractivity contribution in [3.8, 4) is 0 Å². The van der Waals surface area contributed by atoms with Gasteiger partial charge in [-0.25, -0.2) is 9.79 Å². The van der Waals surface area contributed by atoms with Gasteiger partial charge in [-0.3, -0.25) is 4.79 Å². The summed E-state index contributed by atoms with van der Waals surface area (Å²) >= 11 is 1.39. The van der Waals surface area contributed by atoms with Gasteiger partial charge in [0.25, 0.3) is 0 Å². The molecule has 3 rings (SSSR count). The Morgan fingerprint density at radius 1 is 1.33 bits per heavy atom. The molecule has 5 nitrogen and oxygen atoms in total. The Balaban J connectivity index is 1.57. The Bertz CT molecular complexity index is 454. The zero-order valence-corrected chi connectivity index (χ0v) is 10.8. The van der Waals surface area contributed by atoms with Crippen molar-refractivity contribution in [2.75, 3.05) is 5.75 Å². The minimum Gasteiger partial charge on any atom is -0.353 e. The van der Waals surface area contributed by atoms with Crippen molar-refractivity contribution in [2.24, 2.45) is 15.9 Å². The van der Waals surface area contributed by atoms with Crippen LogP contribution in [-0.2, 0) is 4.79 Å². The van der Waals surface area contributed by atoms with Gasteiger partial charge in [0.1, 0.15) is 0 Å². The van der Waals surface area contributed by atoms with Crippen LogP contribution in [0.3, 0.4) is 0 Å². The summed E-state index contributed by atoms with van der Waals surface area (Å²) in [5.74, 6) is 0.591. The fraction of sp³-hybridized carbons (Fsp3) is 0.667. The van der Waals surface area contributed by atoms with Crippen LogP contribution in [-0.4, -0.2) is 34.5 Å². The standard InChI is InChI=1S/C12H15N3O2S/c16-10(13-7-4-5-7)6-18-11-8-2-1-3-9(8)14-12(17)15-11/h7-8H,1-6H2,(H,13,16). The molecule has 0 aromatic rings. The number of nitrogens with one attached hydrogen (secondary N) is 1. The number of carbonyl (C=O) groups excluding carboxylic acids is 2. The summed E-state index contributed by atoms with van der Waals surface area (Å²) in [7, 11) is 0. The number of aliphatic imine (C=N–C) groups is 2. The molecule has 0 bridgehead atoms. The van der Waals surface area contributed by atoms with Crippen LogP contribution in [0, 0.1) is 5.92 Å². The molecule has 6 heteroatoms. The maximum atomic E-state index is 11.6. The third-order valence-electron chi connectivity index (χ3n) is 3.36. The highest BCUT2D eigenvalue weighted by atomic mass is 32.2. The van der Waals surface area contributed by atoms with E-state index in [1.165, 1.54) is 11.8 Å². The summed E-state index contributed by atoms with van der Waals surface area (Å²) in [5, 5.41) is 3.72. The monoisotopic (exact) mass is 265 g/mol. The Morgan fingerprint density at radius 2 is 2.17 bits per heavy atom. The fourth-order valence-corrected chi connectivity index (χ4v) is 3.28. The molecular formula is C12H15N3O2S. The predicted molar refractivity (Wildman–Crippen MR) is 71.2 cm³/mol. The average molecular weight is 265 g/mol. The molecule has 18 heavy (non-hydrogen) atoms. The van der Waals surface area contributed by atoms with Crippen LogP contribution in [0.25, 0.3) is 0 Å². The van der Waals surface area contributed by atoms with Crippen LogP contribution in [0.15, 0.2) is 9.98 Å². The van der Waals surface area contributed by atoms with Crippen molar-refractivity contribution < 1.29 is 9.59 Å². The maximum Gasteiger partial charge on any atom is 0.367 e. The van der Waals surface area contributed by atoms with Crippen LogP contribution < -0.4 is 5.32 Å². The molecule has 0 saturated heterocycles. The van der Waals surface area contributed by atoms with Crippen molar-refractivity contribution in [2.45, 2.75) is 38.1 Å². The van der Waals surface area contributed by atoms with Crippen LogP contribution in [0.2, 0.25) is 0 Å². The molecule has 0 aromatic carbocycles. The van der Waals surface area contributed by atoms with Crippen molar-refractivity contribution in [3.63, 3.8) is 0 Å². The van der Waals surface area contributed by atoms with E-state index in [2.05, 4.69) is 15.3 Å². The van der Waals surface area contributed by atoms with E-state index in [-0.39, 0.29) is 11.8 Å². The normalized spacial score (nSPS) is 26.4. The van der Waals surface area contributed by atoms with Gasteiger partial charge in [-0.1, -0.05) is 0 Å². The molecule has 2 saturated carbocycles. The Morgan fingerprint density at radius 3 is 2.94 bits per heavy atom. The largest absolute Gasteiger partial charge is 0.367 e. The number of hydrogen-bond donors (Lipinski definition) is 1. The van der Waals surface area contributed by atoms with E-state index in [0.29, 0.717) is 11.8 Å². The summed E-state index contributed by atoms with van der Waals surface area (Å²) in [5.41, 5.74) is 0.958. The smallest absolute Gasteiger partial charge is 0.353 e. The minimum absolute atomic E-state index is 0.0414. The zero-order chi connectivity index (χ0) is 12.5. The van der Waals surface area contributed by atoms with E-state index in [1.54, 1.807) is 0 Å². The highest BCUT2D eigenvalue weighted by Crippen LogP contribution is 2.31.